The Morgan fingerprint density at radius 1 is 1.19 bits per heavy atom. The van der Waals surface area contributed by atoms with Crippen LogP contribution in [0.4, 0.5) is 0 Å². The maximum atomic E-state index is 12.5. The fourth-order valence-corrected chi connectivity index (χ4v) is 5.02. The number of nitrogens with one attached hydrogen (secondary N) is 2. The van der Waals surface area contributed by atoms with E-state index in [0.29, 0.717) is 25.0 Å². The fourth-order valence-electron chi connectivity index (χ4n) is 5.02. The Kier molecular flexibility index (Phi) is 13.4. The SMILES string of the molecule is C=C[C@@H](C)CC[C@@H]1CCCC2(CCC(C)[C@@H](CCCNC(=O)[C@@H](C)[C@@H](O)CNC(=O)CCOC)O2)O1. The Labute approximate surface area is 217 Å². The molecule has 0 radical (unpaired) electrons. The fraction of sp³-hybridized carbons (Fsp3) is 0.857. The number of ether oxygens (including phenoxy) is 3. The third-order valence-electron chi connectivity index (χ3n) is 7.79. The molecule has 2 aliphatic rings. The molecule has 0 bridgehead atoms. The van der Waals surface area contributed by atoms with Crippen molar-refractivity contribution in [3.63, 3.8) is 0 Å². The van der Waals surface area contributed by atoms with E-state index in [4.69, 9.17) is 14.2 Å². The highest BCUT2D eigenvalue weighted by molar-refractivity contribution is 5.79. The van der Waals surface area contributed by atoms with Crippen LogP contribution in [0.25, 0.3) is 0 Å². The molecule has 3 N–H and O–H groups in total. The molecule has 8 heteroatoms. The number of methoxy groups -OCH3 is 1. The Balaban J connectivity index is 1.72. The minimum absolute atomic E-state index is 0.0418. The van der Waals surface area contributed by atoms with Crippen LogP contribution in [0.5, 0.6) is 0 Å². The third kappa shape index (κ3) is 10.1. The first kappa shape index (κ1) is 30.7. The molecule has 1 spiro atoms. The first-order valence-electron chi connectivity index (χ1n) is 13.9. The minimum Gasteiger partial charge on any atom is -0.390 e. The van der Waals surface area contributed by atoms with E-state index >= 15 is 0 Å². The van der Waals surface area contributed by atoms with Gasteiger partial charge in [-0.15, -0.1) is 6.58 Å². The first-order valence-corrected chi connectivity index (χ1v) is 13.9. The number of aliphatic hydroxyl groups excluding tert-OH is 1. The Morgan fingerprint density at radius 3 is 2.69 bits per heavy atom. The van der Waals surface area contributed by atoms with Gasteiger partial charge in [-0.2, -0.15) is 0 Å². The van der Waals surface area contributed by atoms with Crippen molar-refractivity contribution in [3.8, 4) is 0 Å². The average molecular weight is 511 g/mol. The van der Waals surface area contributed by atoms with Gasteiger partial charge >= 0.3 is 0 Å². The summed E-state index contributed by atoms with van der Waals surface area (Å²) >= 11 is 0. The van der Waals surface area contributed by atoms with Crippen LogP contribution in [-0.2, 0) is 23.8 Å². The van der Waals surface area contributed by atoms with Crippen molar-refractivity contribution in [2.75, 3.05) is 26.8 Å². The second kappa shape index (κ2) is 15.7. The minimum atomic E-state index is -0.941. The lowest BCUT2D eigenvalue weighted by molar-refractivity contribution is -0.324. The van der Waals surface area contributed by atoms with Crippen molar-refractivity contribution in [2.24, 2.45) is 17.8 Å². The van der Waals surface area contributed by atoms with Crippen LogP contribution in [0.3, 0.4) is 0 Å². The molecule has 2 rings (SSSR count). The van der Waals surface area contributed by atoms with Crippen LogP contribution in [0, 0.1) is 17.8 Å². The molecule has 0 aromatic rings. The summed E-state index contributed by atoms with van der Waals surface area (Å²) in [5.74, 6) is -0.522. The lowest BCUT2D eigenvalue weighted by atomic mass is 9.85. The number of hydrogen-bond donors (Lipinski definition) is 3. The second-order valence-corrected chi connectivity index (χ2v) is 10.8. The van der Waals surface area contributed by atoms with E-state index in [0.717, 1.165) is 57.8 Å². The van der Waals surface area contributed by atoms with Gasteiger partial charge < -0.3 is 30.0 Å². The Bertz CT molecular complexity index is 689. The molecule has 208 valence electrons. The van der Waals surface area contributed by atoms with Gasteiger partial charge in [0.15, 0.2) is 5.79 Å². The highest BCUT2D eigenvalue weighted by Crippen LogP contribution is 2.42. The maximum absolute atomic E-state index is 12.5. The monoisotopic (exact) mass is 510 g/mol. The van der Waals surface area contributed by atoms with Crippen molar-refractivity contribution < 1.29 is 28.9 Å². The van der Waals surface area contributed by atoms with Gasteiger partial charge in [0.2, 0.25) is 11.8 Å². The number of hydrogen-bond acceptors (Lipinski definition) is 6. The zero-order valence-electron chi connectivity index (χ0n) is 22.9. The van der Waals surface area contributed by atoms with E-state index in [1.54, 1.807) is 6.92 Å². The molecule has 2 fully saturated rings. The number of carbonyl (C=O) groups excluding carboxylic acids is 2. The standard InChI is InChI=1S/C28H50N2O6/c1-6-20(2)11-12-23-9-7-15-28(35-23)16-13-21(3)25(36-28)10-8-17-29-27(33)22(4)24(31)19-30-26(32)14-18-34-5/h6,20-25,31H,1,7-19H2,2-5H3,(H,29,33)(H,30,32)/t20-,21?,22+,23+,24+,25-,28?/m1/s1. The van der Waals surface area contributed by atoms with Gasteiger partial charge in [0.05, 0.1) is 30.8 Å². The summed E-state index contributed by atoms with van der Waals surface area (Å²) in [6, 6.07) is 0. The highest BCUT2D eigenvalue weighted by Gasteiger charge is 2.44. The molecule has 0 saturated carbocycles. The highest BCUT2D eigenvalue weighted by atomic mass is 16.7. The van der Waals surface area contributed by atoms with Gasteiger partial charge in [-0.3, -0.25) is 9.59 Å². The molecule has 2 saturated heterocycles. The zero-order chi connectivity index (χ0) is 26.6. The summed E-state index contributed by atoms with van der Waals surface area (Å²) < 4.78 is 18.0. The molecule has 8 nitrogen and oxygen atoms in total. The summed E-state index contributed by atoms with van der Waals surface area (Å²) in [6.07, 6.45) is 10.7. The van der Waals surface area contributed by atoms with Gasteiger partial charge in [0, 0.05) is 39.5 Å². The van der Waals surface area contributed by atoms with Gasteiger partial charge in [-0.25, -0.2) is 0 Å². The van der Waals surface area contributed by atoms with Gasteiger partial charge in [0.25, 0.3) is 0 Å². The molecule has 2 heterocycles. The van der Waals surface area contributed by atoms with Crippen molar-refractivity contribution in [3.05, 3.63) is 12.7 Å². The van der Waals surface area contributed by atoms with E-state index in [9.17, 15) is 14.7 Å². The van der Waals surface area contributed by atoms with Crippen LogP contribution in [0.2, 0.25) is 0 Å². The zero-order valence-corrected chi connectivity index (χ0v) is 22.9. The first-order chi connectivity index (χ1) is 17.2. The predicted octanol–water partition coefficient (Wildman–Crippen LogP) is 3.72. The molecule has 0 aromatic heterocycles. The van der Waals surface area contributed by atoms with Crippen LogP contribution in [-0.4, -0.2) is 67.8 Å². The quantitative estimate of drug-likeness (QED) is 0.229. The Morgan fingerprint density at radius 2 is 1.97 bits per heavy atom. The van der Waals surface area contributed by atoms with E-state index < -0.39 is 17.8 Å². The van der Waals surface area contributed by atoms with E-state index in [2.05, 4.69) is 31.1 Å². The summed E-state index contributed by atoms with van der Waals surface area (Å²) in [6.45, 7) is 10.9. The molecule has 2 aliphatic heterocycles. The average Bonchev–Trinajstić information content (AvgIpc) is 2.88. The number of carbonyl (C=O) groups is 2. The molecule has 0 aromatic carbocycles. The molecule has 7 atom stereocenters. The van der Waals surface area contributed by atoms with Crippen LogP contribution < -0.4 is 10.6 Å². The lowest BCUT2D eigenvalue weighted by Crippen LogP contribution is -2.50. The van der Waals surface area contributed by atoms with Crippen LogP contribution >= 0.6 is 0 Å². The number of aliphatic hydroxyl groups is 1. The van der Waals surface area contributed by atoms with E-state index in [1.165, 1.54) is 7.11 Å². The molecule has 2 amide bonds. The lowest BCUT2D eigenvalue weighted by Gasteiger charge is -2.48. The number of allylic oxidation sites excluding steroid dienone is 1. The summed E-state index contributed by atoms with van der Waals surface area (Å²) in [5.41, 5.74) is 0. The van der Waals surface area contributed by atoms with Crippen LogP contribution in [0.15, 0.2) is 12.7 Å². The van der Waals surface area contributed by atoms with E-state index in [-0.39, 0.29) is 37.0 Å². The molecular formula is C28H50N2O6. The molecule has 2 unspecified atom stereocenters. The predicted molar refractivity (Wildman–Crippen MR) is 140 cm³/mol. The maximum Gasteiger partial charge on any atom is 0.225 e. The summed E-state index contributed by atoms with van der Waals surface area (Å²) in [5, 5.41) is 15.8. The summed E-state index contributed by atoms with van der Waals surface area (Å²) in [4.78, 5) is 24.1. The van der Waals surface area contributed by atoms with Crippen LogP contribution in [0.1, 0.15) is 85.0 Å². The number of rotatable bonds is 15. The van der Waals surface area contributed by atoms with Crippen molar-refractivity contribution in [1.29, 1.82) is 0 Å². The van der Waals surface area contributed by atoms with E-state index in [1.807, 2.05) is 6.08 Å². The van der Waals surface area contributed by atoms with Crippen molar-refractivity contribution in [2.45, 2.75) is 109 Å². The Hall–Kier alpha value is -1.48. The largest absolute Gasteiger partial charge is 0.390 e. The molecule has 36 heavy (non-hydrogen) atoms. The number of amides is 2. The molecule has 0 aliphatic carbocycles. The van der Waals surface area contributed by atoms with Gasteiger partial charge in [-0.1, -0.05) is 26.8 Å². The molecular weight excluding hydrogens is 460 g/mol. The van der Waals surface area contributed by atoms with Crippen molar-refractivity contribution in [1.82, 2.24) is 10.6 Å². The van der Waals surface area contributed by atoms with Gasteiger partial charge in [-0.05, 0) is 56.8 Å². The third-order valence-corrected chi connectivity index (χ3v) is 7.79. The van der Waals surface area contributed by atoms with Crippen molar-refractivity contribution >= 4 is 11.8 Å². The smallest absolute Gasteiger partial charge is 0.225 e. The summed E-state index contributed by atoms with van der Waals surface area (Å²) in [7, 11) is 1.53. The van der Waals surface area contributed by atoms with Gasteiger partial charge in [0.1, 0.15) is 0 Å². The normalized spacial score (nSPS) is 28.8. The second-order valence-electron chi connectivity index (χ2n) is 10.8. The topological polar surface area (TPSA) is 106 Å².